The Morgan fingerprint density at radius 1 is 1.08 bits per heavy atom. The van der Waals surface area contributed by atoms with Crippen LogP contribution >= 0.6 is 0 Å². The smallest absolute Gasteiger partial charge is 0.416 e. The van der Waals surface area contributed by atoms with Crippen molar-refractivity contribution < 1.29 is 22.4 Å². The summed E-state index contributed by atoms with van der Waals surface area (Å²) in [5.41, 5.74) is 0.0422. The maximum atomic E-state index is 13.3. The number of amides is 1. The van der Waals surface area contributed by atoms with E-state index in [0.29, 0.717) is 54.7 Å². The van der Waals surface area contributed by atoms with Crippen LogP contribution in [0.5, 0.6) is 0 Å². The van der Waals surface area contributed by atoms with Crippen LogP contribution in [0.15, 0.2) is 28.7 Å². The van der Waals surface area contributed by atoms with Crippen molar-refractivity contribution in [3.8, 4) is 0 Å². The summed E-state index contributed by atoms with van der Waals surface area (Å²) in [6.45, 7) is 2.72. The quantitative estimate of drug-likeness (QED) is 0.468. The molecule has 3 heterocycles. The molecule has 190 valence electrons. The molecule has 1 saturated heterocycles. The zero-order chi connectivity index (χ0) is 25.3. The Labute approximate surface area is 205 Å². The SMILES string of the molecule is Cc1nnn(Cc2cc(C(F)(F)F)ccc2C=CC(=O)N2CCC(c3nnc(C4CCC4)o3)CC2)n1. The van der Waals surface area contributed by atoms with E-state index in [9.17, 15) is 18.0 Å². The van der Waals surface area contributed by atoms with Crippen LogP contribution in [0.4, 0.5) is 13.2 Å². The highest BCUT2D eigenvalue weighted by Crippen LogP contribution is 2.37. The van der Waals surface area contributed by atoms with E-state index < -0.39 is 11.7 Å². The lowest BCUT2D eigenvalue weighted by atomic mass is 9.85. The molecule has 0 unspecified atom stereocenters. The molecule has 0 radical (unpaired) electrons. The van der Waals surface area contributed by atoms with Gasteiger partial charge in [0.05, 0.1) is 12.1 Å². The van der Waals surface area contributed by atoms with Gasteiger partial charge in [-0.1, -0.05) is 12.5 Å². The minimum absolute atomic E-state index is 0.00293. The summed E-state index contributed by atoms with van der Waals surface area (Å²) in [7, 11) is 0. The molecule has 0 N–H and O–H groups in total. The molecule has 0 atom stereocenters. The van der Waals surface area contributed by atoms with Crippen LogP contribution in [0.25, 0.3) is 6.08 Å². The van der Waals surface area contributed by atoms with Gasteiger partial charge in [0.1, 0.15) is 0 Å². The second-order valence-electron chi connectivity index (χ2n) is 9.32. The number of hydrogen-bond donors (Lipinski definition) is 0. The maximum Gasteiger partial charge on any atom is 0.416 e. The molecule has 1 aromatic carbocycles. The van der Waals surface area contributed by atoms with Gasteiger partial charge < -0.3 is 9.32 Å². The molecule has 36 heavy (non-hydrogen) atoms. The molecular formula is C24H26F3N7O2. The van der Waals surface area contributed by atoms with E-state index in [4.69, 9.17) is 4.42 Å². The van der Waals surface area contributed by atoms with E-state index >= 15 is 0 Å². The number of hydrogen-bond acceptors (Lipinski definition) is 7. The highest BCUT2D eigenvalue weighted by atomic mass is 19.4. The third-order valence-electron chi connectivity index (χ3n) is 6.81. The van der Waals surface area contributed by atoms with Crippen molar-refractivity contribution in [2.45, 2.75) is 63.6 Å². The van der Waals surface area contributed by atoms with Crippen LogP contribution in [0.1, 0.15) is 78.2 Å². The summed E-state index contributed by atoms with van der Waals surface area (Å²) in [5, 5.41) is 20.1. The highest BCUT2D eigenvalue weighted by Gasteiger charge is 2.32. The third-order valence-corrected chi connectivity index (χ3v) is 6.81. The summed E-state index contributed by atoms with van der Waals surface area (Å²) in [6.07, 6.45) is 3.27. The fourth-order valence-corrected chi connectivity index (χ4v) is 4.47. The van der Waals surface area contributed by atoms with Crippen molar-refractivity contribution in [3.05, 3.63) is 58.6 Å². The molecule has 5 rings (SSSR count). The monoisotopic (exact) mass is 501 g/mol. The van der Waals surface area contributed by atoms with Crippen LogP contribution in [0.2, 0.25) is 0 Å². The average Bonchev–Trinajstić information content (AvgIpc) is 3.45. The molecule has 2 aromatic heterocycles. The van der Waals surface area contributed by atoms with Crippen molar-refractivity contribution in [3.63, 3.8) is 0 Å². The Morgan fingerprint density at radius 2 is 1.78 bits per heavy atom. The van der Waals surface area contributed by atoms with Crippen molar-refractivity contribution >= 4 is 12.0 Å². The normalized spacial score (nSPS) is 17.6. The predicted octanol–water partition coefficient (Wildman–Crippen LogP) is 4.12. The minimum atomic E-state index is -4.49. The van der Waals surface area contributed by atoms with E-state index in [0.717, 1.165) is 30.9 Å². The fraction of sp³-hybridized carbons (Fsp3) is 0.500. The lowest BCUT2D eigenvalue weighted by molar-refractivity contribution is -0.137. The first kappa shape index (κ1) is 24.1. The Morgan fingerprint density at radius 3 is 2.36 bits per heavy atom. The van der Waals surface area contributed by atoms with Gasteiger partial charge >= 0.3 is 6.18 Å². The standard InChI is InChI=1S/C24H26F3N7O2/c1-15-28-32-34(31-15)14-19-13-20(24(25,26)27)7-5-16(19)6-8-21(35)33-11-9-18(10-12-33)23-30-29-22(36-23)17-3-2-4-17/h5-8,13,17-18H,2-4,9-12,14H2,1H3. The predicted molar refractivity (Wildman–Crippen MR) is 122 cm³/mol. The molecule has 2 aliphatic rings. The average molecular weight is 502 g/mol. The highest BCUT2D eigenvalue weighted by molar-refractivity contribution is 5.92. The number of alkyl halides is 3. The summed E-state index contributed by atoms with van der Waals surface area (Å²) in [4.78, 5) is 15.8. The lowest BCUT2D eigenvalue weighted by Crippen LogP contribution is -2.36. The number of carbonyl (C=O) groups excluding carboxylic acids is 1. The lowest BCUT2D eigenvalue weighted by Gasteiger charge is -2.29. The van der Waals surface area contributed by atoms with Crippen LogP contribution in [-0.2, 0) is 17.5 Å². The number of rotatable bonds is 6. The zero-order valence-electron chi connectivity index (χ0n) is 19.8. The molecule has 3 aromatic rings. The third kappa shape index (κ3) is 5.31. The molecule has 1 amide bonds. The fourth-order valence-electron chi connectivity index (χ4n) is 4.47. The maximum absolute atomic E-state index is 13.3. The first-order chi connectivity index (χ1) is 17.3. The summed E-state index contributed by atoms with van der Waals surface area (Å²) < 4.78 is 45.7. The first-order valence-electron chi connectivity index (χ1n) is 12.0. The van der Waals surface area contributed by atoms with E-state index in [1.807, 2.05) is 0 Å². The van der Waals surface area contributed by atoms with Gasteiger partial charge in [0.2, 0.25) is 17.7 Å². The van der Waals surface area contributed by atoms with Gasteiger partial charge in [0.15, 0.2) is 5.82 Å². The summed E-state index contributed by atoms with van der Waals surface area (Å²) >= 11 is 0. The molecule has 0 spiro atoms. The second kappa shape index (κ2) is 9.82. The number of carbonyl (C=O) groups is 1. The minimum Gasteiger partial charge on any atom is -0.425 e. The van der Waals surface area contributed by atoms with Crippen molar-refractivity contribution in [2.75, 3.05) is 13.1 Å². The van der Waals surface area contributed by atoms with Crippen molar-refractivity contribution in [1.82, 2.24) is 35.3 Å². The number of piperidine rings is 1. The van der Waals surface area contributed by atoms with Gasteiger partial charge in [-0.15, -0.1) is 20.4 Å². The Balaban J connectivity index is 1.24. The molecule has 1 aliphatic heterocycles. The first-order valence-corrected chi connectivity index (χ1v) is 12.0. The van der Waals surface area contributed by atoms with Gasteiger partial charge in [0.25, 0.3) is 0 Å². The molecule has 0 bridgehead atoms. The van der Waals surface area contributed by atoms with E-state index in [1.165, 1.54) is 29.4 Å². The van der Waals surface area contributed by atoms with Gasteiger partial charge in [-0.3, -0.25) is 4.79 Å². The van der Waals surface area contributed by atoms with Crippen molar-refractivity contribution in [2.24, 2.45) is 0 Å². The Hall–Kier alpha value is -3.57. The molecule has 2 fully saturated rings. The number of likely N-dealkylation sites (tertiary alicyclic amines) is 1. The van der Waals surface area contributed by atoms with Gasteiger partial charge in [0, 0.05) is 31.0 Å². The Bertz CT molecular complexity index is 1250. The van der Waals surface area contributed by atoms with Gasteiger partial charge in [-0.25, -0.2) is 0 Å². The van der Waals surface area contributed by atoms with Crippen molar-refractivity contribution in [1.29, 1.82) is 0 Å². The van der Waals surface area contributed by atoms with Crippen LogP contribution in [-0.4, -0.2) is 54.3 Å². The van der Waals surface area contributed by atoms with Crippen LogP contribution < -0.4 is 0 Å². The topological polar surface area (TPSA) is 103 Å². The molecular weight excluding hydrogens is 475 g/mol. The molecule has 12 heteroatoms. The van der Waals surface area contributed by atoms with E-state index in [-0.39, 0.29) is 18.4 Å². The number of benzene rings is 1. The second-order valence-corrected chi connectivity index (χ2v) is 9.32. The van der Waals surface area contributed by atoms with Gasteiger partial charge in [-0.2, -0.15) is 18.0 Å². The number of tetrazole rings is 1. The molecule has 9 nitrogen and oxygen atoms in total. The summed E-state index contributed by atoms with van der Waals surface area (Å²) in [5.74, 6) is 2.09. The van der Waals surface area contributed by atoms with E-state index in [1.54, 1.807) is 11.8 Å². The number of aromatic nitrogens is 6. The molecule has 1 saturated carbocycles. The van der Waals surface area contributed by atoms with Crippen LogP contribution in [0, 0.1) is 6.92 Å². The molecule has 1 aliphatic carbocycles. The number of halogens is 3. The van der Waals surface area contributed by atoms with E-state index in [2.05, 4.69) is 25.6 Å². The Kier molecular flexibility index (Phi) is 6.59. The summed E-state index contributed by atoms with van der Waals surface area (Å²) in [6, 6.07) is 3.41. The van der Waals surface area contributed by atoms with Crippen LogP contribution in [0.3, 0.4) is 0 Å². The number of nitrogens with zero attached hydrogens (tertiary/aromatic N) is 7. The zero-order valence-corrected chi connectivity index (χ0v) is 19.8. The largest absolute Gasteiger partial charge is 0.425 e. The number of aryl methyl sites for hydroxylation is 1. The van der Waals surface area contributed by atoms with Gasteiger partial charge in [-0.05, 0) is 67.2 Å².